The molecule has 0 unspecified atom stereocenters. The van der Waals surface area contributed by atoms with E-state index in [-0.39, 0.29) is 13.2 Å². The fourth-order valence-electron chi connectivity index (χ4n) is 1.91. The van der Waals surface area contributed by atoms with Gasteiger partial charge >= 0.3 is 0 Å². The highest BCUT2D eigenvalue weighted by Crippen LogP contribution is 2.33. The first kappa shape index (κ1) is 16.4. The van der Waals surface area contributed by atoms with Gasteiger partial charge in [0.25, 0.3) is 0 Å². The fourth-order valence-corrected chi connectivity index (χ4v) is 3.46. The molecular weight excluding hydrogens is 304 g/mol. The molecule has 0 bridgehead atoms. The van der Waals surface area contributed by atoms with Crippen LogP contribution in [0.3, 0.4) is 0 Å². The molecule has 2 aromatic carbocycles. The largest absolute Gasteiger partial charge is 0.396 e. The summed E-state index contributed by atoms with van der Waals surface area (Å²) in [7, 11) is 0. The molecule has 2 rings (SSSR count). The van der Waals surface area contributed by atoms with Gasteiger partial charge in [0.05, 0.1) is 0 Å². The Labute approximate surface area is 133 Å². The molecule has 0 atom stereocenters. The molecule has 3 nitrogen and oxygen atoms in total. The molecule has 21 heavy (non-hydrogen) atoms. The predicted octanol–water partition coefficient (Wildman–Crippen LogP) is 3.49. The maximum atomic E-state index is 9.06. The van der Waals surface area contributed by atoms with Crippen molar-refractivity contribution in [2.75, 3.05) is 13.2 Å². The van der Waals surface area contributed by atoms with E-state index >= 15 is 0 Å². The Morgan fingerprint density at radius 2 is 1.14 bits per heavy atom. The van der Waals surface area contributed by atoms with Gasteiger partial charge in [-0.2, -0.15) is 0 Å². The first-order chi connectivity index (χ1) is 10.3. The average Bonchev–Trinajstić information content (AvgIpc) is 2.51. The van der Waals surface area contributed by atoms with Crippen LogP contribution in [-0.2, 0) is 16.5 Å². The van der Waals surface area contributed by atoms with Crippen LogP contribution in [0.1, 0.15) is 11.1 Å². The van der Waals surface area contributed by atoms with Crippen LogP contribution in [0.25, 0.3) is 0 Å². The Bertz CT molecular complexity index is 511. The minimum atomic E-state index is 0.129. The summed E-state index contributed by atoms with van der Waals surface area (Å²) in [6, 6.07) is 15.8. The van der Waals surface area contributed by atoms with Crippen molar-refractivity contribution >= 4 is 24.1 Å². The highest BCUT2D eigenvalue weighted by molar-refractivity contribution is 8.08. The fraction of sp³-hybridized carbons (Fsp3) is 0.250. The lowest BCUT2D eigenvalue weighted by molar-refractivity contribution is 0.298. The Morgan fingerprint density at radius 3 is 1.57 bits per heavy atom. The Kier molecular flexibility index (Phi) is 7.12. The van der Waals surface area contributed by atoms with Gasteiger partial charge in [-0.3, -0.25) is 0 Å². The quantitative estimate of drug-likeness (QED) is 0.729. The van der Waals surface area contributed by atoms with Crippen molar-refractivity contribution in [3.8, 4) is 0 Å². The zero-order valence-corrected chi connectivity index (χ0v) is 13.2. The molecule has 0 aliphatic heterocycles. The van der Waals surface area contributed by atoms with Crippen LogP contribution in [0.15, 0.2) is 58.3 Å². The molecule has 2 aromatic rings. The van der Waals surface area contributed by atoms with Gasteiger partial charge in [-0.25, -0.2) is 3.63 Å². The van der Waals surface area contributed by atoms with E-state index in [9.17, 15) is 0 Å². The number of benzene rings is 2. The zero-order chi connectivity index (χ0) is 14.9. The molecule has 0 heterocycles. The average molecular weight is 322 g/mol. The van der Waals surface area contributed by atoms with Gasteiger partial charge in [-0.15, -0.1) is 0 Å². The summed E-state index contributed by atoms with van der Waals surface area (Å²) < 4.78 is 5.65. The van der Waals surface area contributed by atoms with Gasteiger partial charge < -0.3 is 10.2 Å². The third kappa shape index (κ3) is 5.05. The topological polar surface area (TPSA) is 49.7 Å². The third-order valence-corrected chi connectivity index (χ3v) is 4.66. The number of aliphatic hydroxyl groups is 2. The molecule has 0 spiro atoms. The Morgan fingerprint density at radius 1 is 0.714 bits per heavy atom. The van der Waals surface area contributed by atoms with Crippen LogP contribution in [0.2, 0.25) is 0 Å². The van der Waals surface area contributed by atoms with Crippen LogP contribution < -0.4 is 0 Å². The lowest BCUT2D eigenvalue weighted by Gasteiger charge is -2.09. The number of aliphatic hydroxyl groups excluding tert-OH is 2. The molecule has 0 saturated carbocycles. The van der Waals surface area contributed by atoms with E-state index in [1.165, 1.54) is 24.1 Å². The maximum Gasteiger partial charge on any atom is 0.0471 e. The Hall–Kier alpha value is -0.980. The lowest BCUT2D eigenvalue weighted by Crippen LogP contribution is -1.93. The van der Waals surface area contributed by atoms with Gasteiger partial charge in [0.15, 0.2) is 0 Å². The first-order valence-corrected chi connectivity index (χ1v) is 8.22. The molecule has 2 N–H and O–H groups in total. The van der Waals surface area contributed by atoms with Crippen molar-refractivity contribution in [3.05, 3.63) is 59.7 Å². The van der Waals surface area contributed by atoms with Crippen LogP contribution in [0.4, 0.5) is 0 Å². The molecule has 5 heteroatoms. The second kappa shape index (κ2) is 9.12. The highest BCUT2D eigenvalue weighted by Gasteiger charge is 2.06. The summed E-state index contributed by atoms with van der Waals surface area (Å²) in [6.07, 6.45) is 1.25. The van der Waals surface area contributed by atoms with Crippen molar-refractivity contribution in [1.82, 2.24) is 0 Å². The van der Waals surface area contributed by atoms with Crippen molar-refractivity contribution < 1.29 is 13.8 Å². The van der Waals surface area contributed by atoms with E-state index in [1.54, 1.807) is 0 Å². The summed E-state index contributed by atoms with van der Waals surface area (Å²) in [4.78, 5) is 2.03. The Balaban J connectivity index is 1.95. The molecule has 0 aliphatic rings. The normalized spacial score (nSPS) is 10.8. The number of rotatable bonds is 8. The van der Waals surface area contributed by atoms with Crippen molar-refractivity contribution in [2.45, 2.75) is 22.6 Å². The minimum Gasteiger partial charge on any atom is -0.396 e. The van der Waals surface area contributed by atoms with E-state index in [0.29, 0.717) is 12.8 Å². The van der Waals surface area contributed by atoms with Crippen LogP contribution >= 0.6 is 24.1 Å². The van der Waals surface area contributed by atoms with Gasteiger partial charge in [0.2, 0.25) is 0 Å². The molecule has 0 fully saturated rings. The van der Waals surface area contributed by atoms with Gasteiger partial charge in [0.1, 0.15) is 0 Å². The van der Waals surface area contributed by atoms with Crippen LogP contribution in [0.5, 0.6) is 0 Å². The van der Waals surface area contributed by atoms with E-state index in [4.69, 9.17) is 13.8 Å². The van der Waals surface area contributed by atoms with Gasteiger partial charge in [-0.1, -0.05) is 36.4 Å². The predicted molar refractivity (Wildman–Crippen MR) is 87.3 cm³/mol. The van der Waals surface area contributed by atoms with E-state index in [1.807, 2.05) is 48.5 Å². The first-order valence-electron chi connectivity index (χ1n) is 6.74. The van der Waals surface area contributed by atoms with E-state index in [0.717, 1.165) is 20.9 Å². The SMILES string of the molecule is OCCc1ccccc1SOSc1ccccc1CCO. The highest BCUT2D eigenvalue weighted by atomic mass is 32.2. The van der Waals surface area contributed by atoms with Crippen molar-refractivity contribution in [2.24, 2.45) is 0 Å². The monoisotopic (exact) mass is 322 g/mol. The maximum absolute atomic E-state index is 9.06. The van der Waals surface area contributed by atoms with Gasteiger partial charge in [0, 0.05) is 47.1 Å². The van der Waals surface area contributed by atoms with Crippen molar-refractivity contribution in [1.29, 1.82) is 0 Å². The molecule has 0 aliphatic carbocycles. The number of hydrogen-bond acceptors (Lipinski definition) is 5. The summed E-state index contributed by atoms with van der Waals surface area (Å²) in [5.41, 5.74) is 2.16. The lowest BCUT2D eigenvalue weighted by atomic mass is 10.2. The molecule has 0 radical (unpaired) electrons. The second-order valence-electron chi connectivity index (χ2n) is 4.40. The van der Waals surface area contributed by atoms with E-state index < -0.39 is 0 Å². The smallest absolute Gasteiger partial charge is 0.0471 e. The van der Waals surface area contributed by atoms with Crippen molar-refractivity contribution in [3.63, 3.8) is 0 Å². The second-order valence-corrected chi connectivity index (χ2v) is 6.15. The van der Waals surface area contributed by atoms with E-state index in [2.05, 4.69) is 0 Å². The molecule has 0 saturated heterocycles. The summed E-state index contributed by atoms with van der Waals surface area (Å²) in [5, 5.41) is 18.1. The summed E-state index contributed by atoms with van der Waals surface area (Å²) >= 11 is 2.60. The van der Waals surface area contributed by atoms with Gasteiger partial charge in [-0.05, 0) is 36.1 Å². The third-order valence-electron chi connectivity index (χ3n) is 2.96. The minimum absolute atomic E-state index is 0.129. The molecular formula is C16H18O3S2. The molecule has 112 valence electrons. The zero-order valence-electron chi connectivity index (χ0n) is 11.6. The summed E-state index contributed by atoms with van der Waals surface area (Å²) in [6.45, 7) is 0.258. The van der Waals surface area contributed by atoms with Crippen LogP contribution in [-0.4, -0.2) is 23.4 Å². The standard InChI is InChI=1S/C16H18O3S2/c17-11-9-13-5-1-3-7-15(13)20-19-21-16-8-4-2-6-14(16)10-12-18/h1-8,17-18H,9-12H2. The number of hydrogen-bond donors (Lipinski definition) is 2. The summed E-state index contributed by atoms with van der Waals surface area (Å²) in [5.74, 6) is 0. The molecule has 0 aromatic heterocycles. The van der Waals surface area contributed by atoms with Crippen LogP contribution in [0, 0.1) is 0 Å². The molecule has 0 amide bonds.